The first kappa shape index (κ1) is 15.6. The Kier molecular flexibility index (Phi) is 6.02. The van der Waals surface area contributed by atoms with Gasteiger partial charge in [-0.05, 0) is 63.2 Å². The quantitative estimate of drug-likeness (QED) is 0.691. The van der Waals surface area contributed by atoms with Gasteiger partial charge in [-0.3, -0.25) is 9.69 Å². The van der Waals surface area contributed by atoms with Crippen LogP contribution in [0.15, 0.2) is 13.6 Å². The van der Waals surface area contributed by atoms with Crippen LogP contribution in [-0.2, 0) is 4.74 Å². The third-order valence-corrected chi connectivity index (χ3v) is 5.67. The lowest BCUT2D eigenvalue weighted by Crippen LogP contribution is -2.40. The molecule has 0 aromatic carbocycles. The Labute approximate surface area is 134 Å². The maximum Gasteiger partial charge on any atom is 0.178 e. The average molecular weight is 411 g/mol. The standard InChI is InChI=1S/C13H17Br2NO2S/c1-18-8-9-3-2-4-16(6-9)7-11(17)10-5-12(14)19-13(10)15/h5,9H,2-4,6-8H2,1H3. The molecule has 1 aromatic rings. The fourth-order valence-electron chi connectivity index (χ4n) is 2.49. The van der Waals surface area contributed by atoms with Gasteiger partial charge in [-0.1, -0.05) is 0 Å². The maximum absolute atomic E-state index is 12.3. The van der Waals surface area contributed by atoms with Gasteiger partial charge in [0.15, 0.2) is 5.78 Å². The van der Waals surface area contributed by atoms with Gasteiger partial charge in [0.2, 0.25) is 0 Å². The fourth-order valence-corrected chi connectivity index (χ4v) is 5.34. The third kappa shape index (κ3) is 4.36. The summed E-state index contributed by atoms with van der Waals surface area (Å²) < 4.78 is 7.11. The summed E-state index contributed by atoms with van der Waals surface area (Å²) >= 11 is 8.40. The van der Waals surface area contributed by atoms with Crippen molar-refractivity contribution in [2.45, 2.75) is 12.8 Å². The topological polar surface area (TPSA) is 29.5 Å². The number of methoxy groups -OCH3 is 1. The monoisotopic (exact) mass is 409 g/mol. The van der Waals surface area contributed by atoms with E-state index in [4.69, 9.17) is 4.74 Å². The molecule has 0 amide bonds. The molecule has 0 radical (unpaired) electrons. The highest BCUT2D eigenvalue weighted by molar-refractivity contribution is 9.12. The van der Waals surface area contributed by atoms with Crippen LogP contribution in [0, 0.1) is 5.92 Å². The molecule has 0 bridgehead atoms. The molecule has 1 aromatic heterocycles. The van der Waals surface area contributed by atoms with Gasteiger partial charge in [-0.25, -0.2) is 0 Å². The summed E-state index contributed by atoms with van der Waals surface area (Å²) in [6, 6.07) is 1.90. The summed E-state index contributed by atoms with van der Waals surface area (Å²) in [6.45, 7) is 3.26. The van der Waals surface area contributed by atoms with E-state index in [-0.39, 0.29) is 5.78 Å². The van der Waals surface area contributed by atoms with Gasteiger partial charge in [0.1, 0.15) is 0 Å². The van der Waals surface area contributed by atoms with E-state index in [1.165, 1.54) is 6.42 Å². The van der Waals surface area contributed by atoms with E-state index in [0.29, 0.717) is 12.5 Å². The van der Waals surface area contributed by atoms with Crippen molar-refractivity contribution in [2.75, 3.05) is 33.4 Å². The summed E-state index contributed by atoms with van der Waals surface area (Å²) in [5, 5.41) is 0. The predicted octanol–water partition coefficient (Wildman–Crippen LogP) is 3.81. The zero-order valence-corrected chi connectivity index (χ0v) is 14.8. The lowest BCUT2D eigenvalue weighted by Gasteiger charge is -2.31. The highest BCUT2D eigenvalue weighted by Crippen LogP contribution is 2.32. The molecule has 19 heavy (non-hydrogen) atoms. The van der Waals surface area contributed by atoms with Crippen LogP contribution in [-0.4, -0.2) is 44.0 Å². The number of carbonyl (C=O) groups excluding carboxylic acids is 1. The van der Waals surface area contributed by atoms with Crippen LogP contribution in [0.5, 0.6) is 0 Å². The number of carbonyl (C=O) groups is 1. The number of halogens is 2. The molecule has 6 heteroatoms. The van der Waals surface area contributed by atoms with Crippen molar-refractivity contribution in [2.24, 2.45) is 5.92 Å². The smallest absolute Gasteiger partial charge is 0.178 e. The molecule has 0 spiro atoms. The number of ether oxygens (including phenoxy) is 1. The van der Waals surface area contributed by atoms with Crippen LogP contribution in [0.3, 0.4) is 0 Å². The largest absolute Gasteiger partial charge is 0.384 e. The number of hydrogen-bond donors (Lipinski definition) is 0. The second-order valence-corrected chi connectivity index (χ2v) is 8.61. The second-order valence-electron chi connectivity index (χ2n) is 4.86. The zero-order chi connectivity index (χ0) is 13.8. The van der Waals surface area contributed by atoms with Crippen LogP contribution >= 0.6 is 43.2 Å². The van der Waals surface area contributed by atoms with Crippen LogP contribution in [0.4, 0.5) is 0 Å². The Morgan fingerprint density at radius 3 is 3.00 bits per heavy atom. The van der Waals surface area contributed by atoms with E-state index >= 15 is 0 Å². The van der Waals surface area contributed by atoms with Gasteiger partial charge in [0.25, 0.3) is 0 Å². The number of hydrogen-bond acceptors (Lipinski definition) is 4. The summed E-state index contributed by atoms with van der Waals surface area (Å²) in [6.07, 6.45) is 2.35. The van der Waals surface area contributed by atoms with Gasteiger partial charge in [0.05, 0.1) is 20.7 Å². The lowest BCUT2D eigenvalue weighted by atomic mass is 9.98. The van der Waals surface area contributed by atoms with Crippen LogP contribution in [0.25, 0.3) is 0 Å². The Balaban J connectivity index is 1.93. The molecule has 0 aliphatic carbocycles. The van der Waals surface area contributed by atoms with Crippen molar-refractivity contribution in [1.29, 1.82) is 0 Å². The molecular weight excluding hydrogens is 394 g/mol. The first-order valence-corrected chi connectivity index (χ1v) is 8.69. The number of nitrogens with zero attached hydrogens (tertiary/aromatic N) is 1. The molecule has 106 valence electrons. The van der Waals surface area contributed by atoms with Crippen LogP contribution in [0.1, 0.15) is 23.2 Å². The van der Waals surface area contributed by atoms with Gasteiger partial charge >= 0.3 is 0 Å². The van der Waals surface area contributed by atoms with Crippen molar-refractivity contribution in [3.63, 3.8) is 0 Å². The summed E-state index contributed by atoms with van der Waals surface area (Å²) in [7, 11) is 1.74. The SMILES string of the molecule is COCC1CCCN(CC(=O)c2cc(Br)sc2Br)C1. The van der Waals surface area contributed by atoms with Crippen LogP contribution < -0.4 is 0 Å². The van der Waals surface area contributed by atoms with Gasteiger partial charge in [-0.15, -0.1) is 11.3 Å². The first-order chi connectivity index (χ1) is 9.10. The van der Waals surface area contributed by atoms with Crippen molar-refractivity contribution in [1.82, 2.24) is 4.90 Å². The van der Waals surface area contributed by atoms with Crippen LogP contribution in [0.2, 0.25) is 0 Å². The van der Waals surface area contributed by atoms with Crippen molar-refractivity contribution >= 4 is 49.0 Å². The number of likely N-dealkylation sites (tertiary alicyclic amines) is 1. The number of rotatable bonds is 5. The molecule has 1 atom stereocenters. The van der Waals surface area contributed by atoms with Crippen molar-refractivity contribution in [3.05, 3.63) is 19.2 Å². The highest BCUT2D eigenvalue weighted by atomic mass is 79.9. The molecule has 2 rings (SSSR count). The minimum atomic E-state index is 0.187. The molecule has 1 aliphatic heterocycles. The summed E-state index contributed by atoms with van der Waals surface area (Å²) in [5.41, 5.74) is 0.783. The first-order valence-electron chi connectivity index (χ1n) is 6.29. The van der Waals surface area contributed by atoms with E-state index in [1.807, 2.05) is 6.07 Å². The number of Topliss-reactive ketones (excluding diaryl/α,β-unsaturated/α-hetero) is 1. The Morgan fingerprint density at radius 1 is 1.58 bits per heavy atom. The van der Waals surface area contributed by atoms with E-state index in [2.05, 4.69) is 36.8 Å². The lowest BCUT2D eigenvalue weighted by molar-refractivity contribution is 0.0757. The molecule has 1 fully saturated rings. The number of ketones is 1. The summed E-state index contributed by atoms with van der Waals surface area (Å²) in [5.74, 6) is 0.746. The van der Waals surface area contributed by atoms with Gasteiger partial charge in [-0.2, -0.15) is 0 Å². The Bertz CT molecular complexity index is 448. The molecular formula is C13H17Br2NO2S. The molecule has 1 unspecified atom stereocenters. The summed E-state index contributed by atoms with van der Waals surface area (Å²) in [4.78, 5) is 14.5. The predicted molar refractivity (Wildman–Crippen MR) is 85.1 cm³/mol. The molecule has 1 aliphatic rings. The molecule has 0 saturated carbocycles. The fraction of sp³-hybridized carbons (Fsp3) is 0.615. The number of thiophene rings is 1. The Morgan fingerprint density at radius 2 is 2.37 bits per heavy atom. The maximum atomic E-state index is 12.3. The highest BCUT2D eigenvalue weighted by Gasteiger charge is 2.23. The van der Waals surface area contributed by atoms with E-state index in [9.17, 15) is 4.79 Å². The minimum Gasteiger partial charge on any atom is -0.384 e. The van der Waals surface area contributed by atoms with Crippen molar-refractivity contribution in [3.8, 4) is 0 Å². The molecule has 3 nitrogen and oxygen atoms in total. The molecule has 0 N–H and O–H groups in total. The van der Waals surface area contributed by atoms with Gasteiger partial charge < -0.3 is 4.74 Å². The van der Waals surface area contributed by atoms with E-state index in [0.717, 1.165) is 39.3 Å². The Hall–Kier alpha value is 0.250. The van der Waals surface area contributed by atoms with E-state index in [1.54, 1.807) is 18.4 Å². The van der Waals surface area contributed by atoms with E-state index < -0.39 is 0 Å². The second kappa shape index (κ2) is 7.31. The zero-order valence-electron chi connectivity index (χ0n) is 10.8. The third-order valence-electron chi connectivity index (χ3n) is 3.33. The van der Waals surface area contributed by atoms with Gasteiger partial charge in [0, 0.05) is 19.2 Å². The van der Waals surface area contributed by atoms with Crippen molar-refractivity contribution < 1.29 is 9.53 Å². The average Bonchev–Trinajstić information content (AvgIpc) is 2.69. The normalized spacial score (nSPS) is 20.7. The number of piperidine rings is 1. The minimum absolute atomic E-state index is 0.187. The molecule has 1 saturated heterocycles. The molecule has 2 heterocycles.